The second-order valence-electron chi connectivity index (χ2n) is 6.73. The maximum absolute atomic E-state index is 12.6. The number of urea groups is 1. The van der Waals surface area contributed by atoms with Crippen LogP contribution < -0.4 is 16.0 Å². The molecular formula is C21H24N4O3. The first-order chi connectivity index (χ1) is 13.6. The van der Waals surface area contributed by atoms with Crippen LogP contribution in [0, 0.1) is 5.92 Å². The molecule has 1 fully saturated rings. The number of para-hydroxylation sites is 1. The Balaban J connectivity index is 1.56. The van der Waals surface area contributed by atoms with Crippen LogP contribution in [0.2, 0.25) is 0 Å². The van der Waals surface area contributed by atoms with E-state index in [1.165, 1.54) is 0 Å². The third-order valence-electron chi connectivity index (χ3n) is 4.75. The Morgan fingerprint density at radius 1 is 0.929 bits per heavy atom. The van der Waals surface area contributed by atoms with Crippen LogP contribution >= 0.6 is 0 Å². The van der Waals surface area contributed by atoms with Crippen molar-refractivity contribution >= 4 is 29.2 Å². The summed E-state index contributed by atoms with van der Waals surface area (Å²) in [6, 6.07) is 15.8. The SMILES string of the molecule is CNC(=O)c1ccc(NC(=O)[C@H]2CCCN(C(=O)Nc3ccccc3)C2)cc1. The Labute approximate surface area is 164 Å². The zero-order valence-corrected chi connectivity index (χ0v) is 15.8. The van der Waals surface area contributed by atoms with Gasteiger partial charge in [-0.2, -0.15) is 0 Å². The Hall–Kier alpha value is -3.35. The van der Waals surface area contributed by atoms with E-state index in [4.69, 9.17) is 0 Å². The van der Waals surface area contributed by atoms with Crippen molar-refractivity contribution in [1.82, 2.24) is 10.2 Å². The van der Waals surface area contributed by atoms with E-state index in [1.807, 2.05) is 30.3 Å². The lowest BCUT2D eigenvalue weighted by Gasteiger charge is -2.32. The van der Waals surface area contributed by atoms with Crippen molar-refractivity contribution in [3.8, 4) is 0 Å². The van der Waals surface area contributed by atoms with E-state index in [9.17, 15) is 14.4 Å². The van der Waals surface area contributed by atoms with E-state index in [1.54, 1.807) is 36.2 Å². The van der Waals surface area contributed by atoms with Gasteiger partial charge in [-0.15, -0.1) is 0 Å². The number of nitrogens with zero attached hydrogens (tertiary/aromatic N) is 1. The zero-order chi connectivity index (χ0) is 19.9. The number of carbonyl (C=O) groups is 3. The summed E-state index contributed by atoms with van der Waals surface area (Å²) in [7, 11) is 1.57. The van der Waals surface area contributed by atoms with Gasteiger partial charge in [0.1, 0.15) is 0 Å². The fourth-order valence-electron chi connectivity index (χ4n) is 3.19. The maximum atomic E-state index is 12.6. The predicted octanol–water partition coefficient (Wildman–Crippen LogP) is 2.93. The number of benzene rings is 2. The van der Waals surface area contributed by atoms with Crippen molar-refractivity contribution < 1.29 is 14.4 Å². The summed E-state index contributed by atoms with van der Waals surface area (Å²) in [5.74, 6) is -0.566. The van der Waals surface area contributed by atoms with Gasteiger partial charge >= 0.3 is 6.03 Å². The molecule has 0 radical (unpaired) electrons. The third kappa shape index (κ3) is 4.88. The molecule has 1 saturated heterocycles. The number of hydrogen-bond donors (Lipinski definition) is 3. The molecule has 0 aromatic heterocycles. The standard InChI is InChI=1S/C21H24N4O3/c1-22-19(26)15-9-11-18(12-10-15)23-20(27)16-6-5-13-25(14-16)21(28)24-17-7-3-2-4-8-17/h2-4,7-12,16H,5-6,13-14H2,1H3,(H,22,26)(H,23,27)(H,24,28)/t16-/m0/s1. The number of piperidine rings is 1. The average Bonchev–Trinajstić information content (AvgIpc) is 2.74. The van der Waals surface area contributed by atoms with Crippen LogP contribution in [0.25, 0.3) is 0 Å². The number of anilines is 2. The lowest BCUT2D eigenvalue weighted by atomic mass is 9.97. The Kier molecular flexibility index (Phi) is 6.26. The topological polar surface area (TPSA) is 90.5 Å². The number of likely N-dealkylation sites (tertiary alicyclic amines) is 1. The minimum Gasteiger partial charge on any atom is -0.355 e. The molecule has 1 aliphatic rings. The van der Waals surface area contributed by atoms with Gasteiger partial charge in [-0.1, -0.05) is 18.2 Å². The smallest absolute Gasteiger partial charge is 0.321 e. The highest BCUT2D eigenvalue weighted by molar-refractivity contribution is 5.96. The van der Waals surface area contributed by atoms with Gasteiger partial charge in [0.25, 0.3) is 5.91 Å². The molecule has 0 unspecified atom stereocenters. The minimum absolute atomic E-state index is 0.120. The molecule has 7 heteroatoms. The number of hydrogen-bond acceptors (Lipinski definition) is 3. The second kappa shape index (κ2) is 9.03. The quantitative estimate of drug-likeness (QED) is 0.762. The molecule has 7 nitrogen and oxygen atoms in total. The molecule has 28 heavy (non-hydrogen) atoms. The maximum Gasteiger partial charge on any atom is 0.321 e. The second-order valence-corrected chi connectivity index (χ2v) is 6.73. The van der Waals surface area contributed by atoms with Crippen LogP contribution in [0.15, 0.2) is 54.6 Å². The van der Waals surface area contributed by atoms with E-state index >= 15 is 0 Å². The van der Waals surface area contributed by atoms with E-state index < -0.39 is 0 Å². The number of rotatable bonds is 4. The van der Waals surface area contributed by atoms with Crippen LogP contribution in [-0.2, 0) is 4.79 Å². The summed E-state index contributed by atoms with van der Waals surface area (Å²) in [6.45, 7) is 1.00. The van der Waals surface area contributed by atoms with E-state index in [2.05, 4.69) is 16.0 Å². The van der Waals surface area contributed by atoms with Crippen molar-refractivity contribution in [2.75, 3.05) is 30.8 Å². The van der Waals surface area contributed by atoms with Crippen molar-refractivity contribution in [3.05, 3.63) is 60.2 Å². The average molecular weight is 380 g/mol. The van der Waals surface area contributed by atoms with E-state index in [0.29, 0.717) is 24.3 Å². The number of carbonyl (C=O) groups excluding carboxylic acids is 3. The van der Waals surface area contributed by atoms with Crippen LogP contribution in [-0.4, -0.2) is 42.9 Å². The molecule has 0 spiro atoms. The highest BCUT2D eigenvalue weighted by atomic mass is 16.2. The molecule has 1 atom stereocenters. The molecule has 146 valence electrons. The monoisotopic (exact) mass is 380 g/mol. The van der Waals surface area contributed by atoms with Gasteiger partial charge in [-0.3, -0.25) is 9.59 Å². The molecule has 3 rings (SSSR count). The third-order valence-corrected chi connectivity index (χ3v) is 4.75. The minimum atomic E-state index is -0.270. The molecule has 2 aromatic carbocycles. The molecule has 4 amide bonds. The van der Waals surface area contributed by atoms with Crippen LogP contribution in [0.3, 0.4) is 0 Å². The lowest BCUT2D eigenvalue weighted by Crippen LogP contribution is -2.45. The molecule has 1 heterocycles. The zero-order valence-electron chi connectivity index (χ0n) is 15.8. The largest absolute Gasteiger partial charge is 0.355 e. The summed E-state index contributed by atoms with van der Waals surface area (Å²) >= 11 is 0. The predicted molar refractivity (Wildman–Crippen MR) is 108 cm³/mol. The van der Waals surface area contributed by atoms with Gasteiger partial charge in [0.15, 0.2) is 0 Å². The van der Waals surface area contributed by atoms with Gasteiger partial charge in [-0.25, -0.2) is 4.79 Å². The lowest BCUT2D eigenvalue weighted by molar-refractivity contribution is -0.121. The first kappa shape index (κ1) is 19.4. The molecule has 1 aliphatic heterocycles. The molecule has 2 aromatic rings. The fourth-order valence-corrected chi connectivity index (χ4v) is 3.19. The normalized spacial score (nSPS) is 16.2. The first-order valence-corrected chi connectivity index (χ1v) is 9.31. The fraction of sp³-hybridized carbons (Fsp3) is 0.286. The highest BCUT2D eigenvalue weighted by Gasteiger charge is 2.28. The molecular weight excluding hydrogens is 356 g/mol. The summed E-state index contributed by atoms with van der Waals surface area (Å²) in [4.78, 5) is 38.3. The van der Waals surface area contributed by atoms with Gasteiger partial charge in [0, 0.05) is 37.1 Å². The van der Waals surface area contributed by atoms with Crippen molar-refractivity contribution in [3.63, 3.8) is 0 Å². The molecule has 3 N–H and O–H groups in total. The van der Waals surface area contributed by atoms with E-state index in [0.717, 1.165) is 18.5 Å². The van der Waals surface area contributed by atoms with Crippen molar-refractivity contribution in [2.45, 2.75) is 12.8 Å². The Bertz CT molecular complexity index is 836. The number of nitrogens with one attached hydrogen (secondary N) is 3. The highest BCUT2D eigenvalue weighted by Crippen LogP contribution is 2.20. The summed E-state index contributed by atoms with van der Waals surface area (Å²) in [5.41, 5.74) is 1.89. The first-order valence-electron chi connectivity index (χ1n) is 9.31. The summed E-state index contributed by atoms with van der Waals surface area (Å²) < 4.78 is 0. The molecule has 0 aliphatic carbocycles. The van der Waals surface area contributed by atoms with Crippen LogP contribution in [0.5, 0.6) is 0 Å². The van der Waals surface area contributed by atoms with Gasteiger partial charge in [0.05, 0.1) is 5.92 Å². The summed E-state index contributed by atoms with van der Waals surface area (Å²) in [5, 5.41) is 8.29. The van der Waals surface area contributed by atoms with Crippen molar-refractivity contribution in [1.29, 1.82) is 0 Å². The van der Waals surface area contributed by atoms with Crippen LogP contribution in [0.4, 0.5) is 16.2 Å². The Morgan fingerprint density at radius 3 is 2.29 bits per heavy atom. The van der Waals surface area contributed by atoms with Crippen LogP contribution in [0.1, 0.15) is 23.2 Å². The summed E-state index contributed by atoms with van der Waals surface area (Å²) in [6.07, 6.45) is 1.51. The number of amides is 4. The molecule has 0 saturated carbocycles. The molecule has 0 bridgehead atoms. The van der Waals surface area contributed by atoms with Gasteiger partial charge in [-0.05, 0) is 49.2 Å². The van der Waals surface area contributed by atoms with Gasteiger partial charge in [0.2, 0.25) is 5.91 Å². The Morgan fingerprint density at radius 2 is 1.61 bits per heavy atom. The van der Waals surface area contributed by atoms with E-state index in [-0.39, 0.29) is 23.8 Å². The van der Waals surface area contributed by atoms with Crippen molar-refractivity contribution in [2.24, 2.45) is 5.92 Å². The van der Waals surface area contributed by atoms with Gasteiger partial charge < -0.3 is 20.9 Å².